The van der Waals surface area contributed by atoms with Gasteiger partial charge in [0.15, 0.2) is 6.61 Å². The predicted octanol–water partition coefficient (Wildman–Crippen LogP) is 4.72. The average Bonchev–Trinajstić information content (AvgIpc) is 2.91. The highest BCUT2D eigenvalue weighted by atomic mass is 16.5. The lowest BCUT2D eigenvalue weighted by Crippen LogP contribution is -2.22. The molecular formula is C27H30N2O4. The molecular weight excluding hydrogens is 416 g/mol. The van der Waals surface area contributed by atoms with Crippen molar-refractivity contribution in [3.63, 3.8) is 0 Å². The third-order valence-electron chi connectivity index (χ3n) is 7.33. The fourth-order valence-corrected chi connectivity index (χ4v) is 5.57. The molecule has 1 saturated carbocycles. The number of benzene rings is 2. The largest absolute Gasteiger partial charge is 0.481 e. The Kier molecular flexibility index (Phi) is 5.83. The number of nitrogens with two attached hydrogens (primary N) is 1. The first kappa shape index (κ1) is 21.6. The summed E-state index contributed by atoms with van der Waals surface area (Å²) in [7, 11) is 0. The number of amides is 1. The Morgan fingerprint density at radius 1 is 1.03 bits per heavy atom. The quantitative estimate of drug-likeness (QED) is 0.514. The molecule has 0 radical (unpaired) electrons. The van der Waals surface area contributed by atoms with E-state index in [9.17, 15) is 14.7 Å². The van der Waals surface area contributed by atoms with Crippen LogP contribution in [0.3, 0.4) is 0 Å². The van der Waals surface area contributed by atoms with Gasteiger partial charge in [0.2, 0.25) is 5.91 Å². The average molecular weight is 447 g/mol. The number of carboxylic acids is 1. The Bertz CT molecular complexity index is 1210. The highest BCUT2D eigenvalue weighted by Crippen LogP contribution is 2.43. The first-order valence-electron chi connectivity index (χ1n) is 11.9. The molecule has 2 aromatic carbocycles. The summed E-state index contributed by atoms with van der Waals surface area (Å²) in [5.41, 5.74) is 11.6. The van der Waals surface area contributed by atoms with Crippen LogP contribution in [0.5, 0.6) is 5.75 Å². The Morgan fingerprint density at radius 2 is 1.85 bits per heavy atom. The summed E-state index contributed by atoms with van der Waals surface area (Å²) in [5, 5.41) is 10.0. The van der Waals surface area contributed by atoms with Gasteiger partial charge in [-0.2, -0.15) is 0 Å². The van der Waals surface area contributed by atoms with E-state index in [-0.39, 0.29) is 5.91 Å². The number of hydrogen-bond acceptors (Lipinski definition) is 3. The second-order valence-electron chi connectivity index (χ2n) is 9.31. The van der Waals surface area contributed by atoms with Crippen molar-refractivity contribution in [3.05, 3.63) is 64.8 Å². The van der Waals surface area contributed by atoms with E-state index in [1.807, 2.05) is 12.1 Å². The van der Waals surface area contributed by atoms with Gasteiger partial charge in [0, 0.05) is 17.6 Å². The third-order valence-corrected chi connectivity index (χ3v) is 7.33. The van der Waals surface area contributed by atoms with Crippen LogP contribution in [0, 0.1) is 0 Å². The molecule has 0 saturated heterocycles. The van der Waals surface area contributed by atoms with Gasteiger partial charge in [0.25, 0.3) is 0 Å². The smallest absolute Gasteiger partial charge is 0.341 e. The second kappa shape index (κ2) is 8.93. The van der Waals surface area contributed by atoms with Crippen molar-refractivity contribution >= 4 is 22.8 Å². The highest BCUT2D eigenvalue weighted by molar-refractivity contribution is 5.97. The number of primary amides is 1. The summed E-state index contributed by atoms with van der Waals surface area (Å²) >= 11 is 0. The maximum Gasteiger partial charge on any atom is 0.341 e. The zero-order chi connectivity index (χ0) is 22.9. The number of ether oxygens (including phenoxy) is 1. The number of carboxylic acid groups (broad SMARTS) is 1. The molecule has 1 heterocycles. The molecule has 5 rings (SSSR count). The molecule has 3 N–H and O–H groups in total. The molecule has 0 aliphatic heterocycles. The van der Waals surface area contributed by atoms with E-state index >= 15 is 0 Å². The van der Waals surface area contributed by atoms with Crippen molar-refractivity contribution < 1.29 is 19.4 Å². The van der Waals surface area contributed by atoms with Gasteiger partial charge in [-0.05, 0) is 66.8 Å². The third kappa shape index (κ3) is 3.99. The molecule has 33 heavy (non-hydrogen) atoms. The summed E-state index contributed by atoms with van der Waals surface area (Å²) < 4.78 is 8.02. The maximum atomic E-state index is 12.5. The first-order valence-corrected chi connectivity index (χ1v) is 11.9. The van der Waals surface area contributed by atoms with Crippen molar-refractivity contribution in [2.45, 2.75) is 63.3 Å². The molecule has 0 spiro atoms. The van der Waals surface area contributed by atoms with Gasteiger partial charge in [-0.15, -0.1) is 0 Å². The van der Waals surface area contributed by atoms with Crippen LogP contribution in [-0.2, 0) is 22.6 Å². The van der Waals surface area contributed by atoms with E-state index in [0.29, 0.717) is 24.6 Å². The molecule has 1 atom stereocenters. The molecule has 1 unspecified atom stereocenters. The summed E-state index contributed by atoms with van der Waals surface area (Å²) in [6.45, 7) is 0.289. The minimum atomic E-state index is -1.03. The van der Waals surface area contributed by atoms with Crippen LogP contribution < -0.4 is 10.5 Å². The molecule has 1 amide bonds. The molecule has 172 valence electrons. The number of aromatic nitrogens is 1. The lowest BCUT2D eigenvalue weighted by molar-refractivity contribution is -0.139. The zero-order valence-corrected chi connectivity index (χ0v) is 18.8. The lowest BCUT2D eigenvalue weighted by atomic mass is 9.78. The monoisotopic (exact) mass is 446 g/mol. The van der Waals surface area contributed by atoms with Crippen molar-refractivity contribution in [1.82, 2.24) is 4.57 Å². The SMILES string of the molecule is NC(=O)C1CCCCc2c1c1c(OCC(=O)O)cccc1n2Cc1ccccc1C1CCC1. The molecule has 2 aliphatic rings. The van der Waals surface area contributed by atoms with Crippen LogP contribution in [0.25, 0.3) is 10.9 Å². The first-order chi connectivity index (χ1) is 16.0. The van der Waals surface area contributed by atoms with E-state index in [1.165, 1.54) is 30.4 Å². The standard InChI is InChI=1S/C27H30N2O4/c28-27(32)20-11-3-4-12-21-25(20)26-22(13-6-14-23(26)33-16-24(30)31)29(21)15-18-7-1-2-10-19(18)17-8-5-9-17/h1-2,6-7,10,13-14,17,20H,3-5,8-9,11-12,15-16H2,(H2,28,32)(H,30,31). The van der Waals surface area contributed by atoms with Crippen molar-refractivity contribution in [2.75, 3.05) is 6.61 Å². The van der Waals surface area contributed by atoms with E-state index in [4.69, 9.17) is 10.5 Å². The zero-order valence-electron chi connectivity index (χ0n) is 18.8. The second-order valence-corrected chi connectivity index (χ2v) is 9.31. The maximum absolute atomic E-state index is 12.5. The Morgan fingerprint density at radius 3 is 2.58 bits per heavy atom. The lowest BCUT2D eigenvalue weighted by Gasteiger charge is -2.28. The summed E-state index contributed by atoms with van der Waals surface area (Å²) in [6, 6.07) is 14.4. The van der Waals surface area contributed by atoms with Crippen molar-refractivity contribution in [2.24, 2.45) is 5.73 Å². The van der Waals surface area contributed by atoms with Crippen LogP contribution in [0.2, 0.25) is 0 Å². The van der Waals surface area contributed by atoms with Crippen LogP contribution >= 0.6 is 0 Å². The molecule has 2 aliphatic carbocycles. The van der Waals surface area contributed by atoms with Gasteiger partial charge in [-0.25, -0.2) is 4.79 Å². The molecule has 6 heteroatoms. The highest BCUT2D eigenvalue weighted by Gasteiger charge is 2.32. The van der Waals surface area contributed by atoms with Crippen molar-refractivity contribution in [3.8, 4) is 5.75 Å². The van der Waals surface area contributed by atoms with E-state index in [0.717, 1.165) is 41.4 Å². The van der Waals surface area contributed by atoms with Crippen LogP contribution in [0.4, 0.5) is 0 Å². The summed E-state index contributed by atoms with van der Waals surface area (Å²) in [4.78, 5) is 23.7. The van der Waals surface area contributed by atoms with E-state index in [2.05, 4.69) is 28.8 Å². The van der Waals surface area contributed by atoms with E-state index in [1.54, 1.807) is 6.07 Å². The minimum Gasteiger partial charge on any atom is -0.481 e. The van der Waals surface area contributed by atoms with Gasteiger partial charge in [0.1, 0.15) is 5.75 Å². The predicted molar refractivity (Wildman–Crippen MR) is 127 cm³/mol. The minimum absolute atomic E-state index is 0.333. The van der Waals surface area contributed by atoms with Gasteiger partial charge in [0.05, 0.1) is 11.4 Å². The Hall–Kier alpha value is -3.28. The Labute approximate surface area is 193 Å². The summed E-state index contributed by atoms with van der Waals surface area (Å²) in [6.07, 6.45) is 7.23. The van der Waals surface area contributed by atoms with Gasteiger partial charge in [-0.3, -0.25) is 4.79 Å². The van der Waals surface area contributed by atoms with Crippen molar-refractivity contribution in [1.29, 1.82) is 0 Å². The molecule has 6 nitrogen and oxygen atoms in total. The number of carbonyl (C=O) groups excluding carboxylic acids is 1. The molecule has 0 bridgehead atoms. The number of rotatable bonds is 7. The number of aliphatic carboxylic acids is 1. The normalized spacial score (nSPS) is 18.4. The molecule has 1 fully saturated rings. The fourth-order valence-electron chi connectivity index (χ4n) is 5.57. The van der Waals surface area contributed by atoms with Crippen LogP contribution in [0.1, 0.15) is 72.7 Å². The van der Waals surface area contributed by atoms with Gasteiger partial charge in [-0.1, -0.05) is 43.2 Å². The van der Waals surface area contributed by atoms with Gasteiger partial charge < -0.3 is 20.1 Å². The molecule has 1 aromatic heterocycles. The van der Waals surface area contributed by atoms with Crippen LogP contribution in [0.15, 0.2) is 42.5 Å². The number of carbonyl (C=O) groups is 2. The number of hydrogen-bond donors (Lipinski definition) is 2. The molecule has 3 aromatic rings. The Balaban J connectivity index is 1.69. The van der Waals surface area contributed by atoms with E-state index < -0.39 is 18.5 Å². The number of fused-ring (bicyclic) bond motifs is 3. The summed E-state index contributed by atoms with van der Waals surface area (Å²) in [5.74, 6) is -0.638. The number of nitrogens with zero attached hydrogens (tertiary/aromatic N) is 1. The fraction of sp³-hybridized carbons (Fsp3) is 0.407. The topological polar surface area (TPSA) is 94.6 Å². The van der Waals surface area contributed by atoms with Crippen LogP contribution in [-0.4, -0.2) is 28.2 Å². The van der Waals surface area contributed by atoms with Gasteiger partial charge >= 0.3 is 5.97 Å².